The van der Waals surface area contributed by atoms with Crippen LogP contribution in [0.1, 0.15) is 65.5 Å². The van der Waals surface area contributed by atoms with Gasteiger partial charge in [0.15, 0.2) is 17.8 Å². The normalized spacial score (nSPS) is 16.0. The Hall–Kier alpha value is -4.94. The molecule has 0 N–H and O–H groups in total. The molecule has 2 unspecified atom stereocenters. The largest absolute Gasteiger partial charge is 0.437 e. The van der Waals surface area contributed by atoms with E-state index in [1.54, 1.807) is 12.1 Å². The van der Waals surface area contributed by atoms with E-state index in [9.17, 15) is 4.39 Å². The second-order valence-corrected chi connectivity index (χ2v) is 22.3. The van der Waals surface area contributed by atoms with Crippen LogP contribution in [0.5, 0.6) is 0 Å². The average molecular weight is 736 g/mol. The average Bonchev–Trinajstić information content (AvgIpc) is 3.49. The van der Waals surface area contributed by atoms with Crippen molar-refractivity contribution in [3.63, 3.8) is 0 Å². The summed E-state index contributed by atoms with van der Waals surface area (Å²) in [7, 11) is 0.819. The van der Waals surface area contributed by atoms with Gasteiger partial charge in [-0.1, -0.05) is 77.0 Å². The van der Waals surface area contributed by atoms with Crippen LogP contribution in [-0.4, -0.2) is 35.9 Å². The second-order valence-electron chi connectivity index (χ2n) is 16.7. The molecule has 1 aliphatic heterocycles. The molecule has 4 nitrogen and oxygen atoms in total. The molecule has 2 atom stereocenters. The van der Waals surface area contributed by atoms with Gasteiger partial charge in [0.1, 0.15) is 19.4 Å². The number of rotatable bonds is 11. The van der Waals surface area contributed by atoms with Crippen LogP contribution < -0.4 is 4.57 Å². The van der Waals surface area contributed by atoms with Gasteiger partial charge in [-0.3, -0.25) is 0 Å². The lowest BCUT2D eigenvalue weighted by Crippen LogP contribution is -2.42. The number of hydrogen-bond donors (Lipinski definition) is 0. The first kappa shape index (κ1) is 37.4. The topological polar surface area (TPSA) is 32.9 Å². The number of aryl methyl sites for hydroxylation is 4. The van der Waals surface area contributed by atoms with Crippen LogP contribution in [0, 0.1) is 19.7 Å². The summed E-state index contributed by atoms with van der Waals surface area (Å²) in [5.74, 6) is 0.395. The summed E-state index contributed by atoms with van der Waals surface area (Å²) in [6.45, 7) is 25.4. The lowest BCUT2D eigenvalue weighted by atomic mass is 9.79. The number of allylic oxidation sites excluding steroid dienone is 1. The zero-order chi connectivity index (χ0) is 38.5. The van der Waals surface area contributed by atoms with E-state index < -0.39 is 8.07 Å². The number of fused-ring (bicyclic) bond motifs is 4. The van der Waals surface area contributed by atoms with Gasteiger partial charge in [-0.25, -0.2) is 18.5 Å². The van der Waals surface area contributed by atoms with E-state index in [4.69, 9.17) is 9.40 Å². The quantitative estimate of drug-likeness (QED) is 0.0754. The smallest absolute Gasteiger partial charge is 0.227 e. The van der Waals surface area contributed by atoms with Gasteiger partial charge in [0.25, 0.3) is 0 Å². The summed E-state index contributed by atoms with van der Waals surface area (Å²) in [5, 5.41) is 2.01. The number of halogens is 1. The summed E-state index contributed by atoms with van der Waals surface area (Å²) < 4.78 is 25.9. The Morgan fingerprint density at radius 3 is 2.33 bits per heavy atom. The summed E-state index contributed by atoms with van der Waals surface area (Å²) in [4.78, 5) is 5.07. The fourth-order valence-electron chi connectivity index (χ4n) is 8.55. The standard InChI is InChI=1S/C48H54FN3OSi/c1-11-42-37-16-14-13-15-36(37)38(43(12-2)52(42)25-26-54(8,9)10)19-17-33-18-20-39-40-21-22-41(45-31(5)27-35(49)28-32(45)6)50-48(40)53-47(39)46(33)44-29-34(30(3)4)23-24-51(44)7/h11-16,18,20-24,27-30,38,43H,1-2,17,19,25-26H2,3-10H3/q+2. The molecule has 6 aromatic rings. The molecule has 3 aromatic heterocycles. The van der Waals surface area contributed by atoms with Gasteiger partial charge in [0, 0.05) is 46.2 Å². The predicted molar refractivity (Wildman–Crippen MR) is 226 cm³/mol. The summed E-state index contributed by atoms with van der Waals surface area (Å²) in [6.07, 6.45) is 8.18. The van der Waals surface area contributed by atoms with E-state index >= 15 is 0 Å². The number of benzene rings is 3. The number of aromatic nitrogens is 2. The highest BCUT2D eigenvalue weighted by Crippen LogP contribution is 2.41. The molecule has 0 radical (unpaired) electrons. The predicted octanol–water partition coefficient (Wildman–Crippen LogP) is 11.6. The van der Waals surface area contributed by atoms with Crippen LogP contribution in [0.2, 0.25) is 25.7 Å². The Morgan fingerprint density at radius 1 is 0.926 bits per heavy atom. The van der Waals surface area contributed by atoms with Crippen molar-refractivity contribution in [1.82, 2.24) is 4.98 Å². The van der Waals surface area contributed by atoms with Crippen LogP contribution in [0.4, 0.5) is 4.39 Å². The maximum atomic E-state index is 14.2. The number of nitrogens with zero attached hydrogens (tertiary/aromatic N) is 3. The van der Waals surface area contributed by atoms with Gasteiger partial charge in [0.2, 0.25) is 17.1 Å². The zero-order valence-electron chi connectivity index (χ0n) is 33.3. The Kier molecular flexibility index (Phi) is 10.2. The molecular formula is C48H54FN3OSi+2. The molecule has 276 valence electrons. The van der Waals surface area contributed by atoms with Crippen molar-refractivity contribution in [3.05, 3.63) is 144 Å². The van der Waals surface area contributed by atoms with Crippen molar-refractivity contribution in [2.45, 2.75) is 84.1 Å². The van der Waals surface area contributed by atoms with Crippen molar-refractivity contribution in [2.24, 2.45) is 7.05 Å². The van der Waals surface area contributed by atoms with Crippen LogP contribution in [0.3, 0.4) is 0 Å². The fraction of sp³-hybridized carbons (Fsp3) is 0.312. The first-order valence-corrected chi connectivity index (χ1v) is 23.1. The minimum atomic E-state index is -1.30. The first-order valence-electron chi connectivity index (χ1n) is 19.4. The Bertz CT molecular complexity index is 2440. The van der Waals surface area contributed by atoms with Crippen molar-refractivity contribution < 1.29 is 18.0 Å². The molecule has 0 aliphatic carbocycles. The van der Waals surface area contributed by atoms with Crippen molar-refractivity contribution in [3.8, 4) is 22.5 Å². The van der Waals surface area contributed by atoms with Crippen LogP contribution in [0.25, 0.3) is 44.6 Å². The summed E-state index contributed by atoms with van der Waals surface area (Å²) in [6, 6.07) is 26.6. The third-order valence-corrected chi connectivity index (χ3v) is 13.1. The minimum Gasteiger partial charge on any atom is -0.437 e. The first-order chi connectivity index (χ1) is 25.8. The van der Waals surface area contributed by atoms with Gasteiger partial charge < -0.3 is 4.42 Å². The van der Waals surface area contributed by atoms with Crippen LogP contribution >= 0.6 is 0 Å². The SMILES string of the molecule is C=CC1=[N+](CC[Si](C)(C)C)C(C=C)C(CCc2ccc3c(oc4nc(-c5c(C)cc(F)cc5C)ccc43)c2-c2cc(C(C)C)cc[n+]2C)c2ccccc21. The molecule has 0 bridgehead atoms. The second kappa shape index (κ2) is 14.7. The molecule has 0 spiro atoms. The molecule has 0 fully saturated rings. The van der Waals surface area contributed by atoms with Gasteiger partial charge in [-0.2, -0.15) is 0 Å². The molecule has 3 aromatic carbocycles. The maximum Gasteiger partial charge on any atom is 0.227 e. The Morgan fingerprint density at radius 2 is 1.65 bits per heavy atom. The van der Waals surface area contributed by atoms with Crippen molar-refractivity contribution in [2.75, 3.05) is 6.54 Å². The van der Waals surface area contributed by atoms with Crippen molar-refractivity contribution in [1.29, 1.82) is 0 Å². The number of hydrogen-bond acceptors (Lipinski definition) is 2. The third-order valence-electron chi connectivity index (χ3n) is 11.4. The highest BCUT2D eigenvalue weighted by Gasteiger charge is 2.39. The van der Waals surface area contributed by atoms with Gasteiger partial charge in [-0.15, -0.1) is 0 Å². The van der Waals surface area contributed by atoms with E-state index in [0.717, 1.165) is 69.4 Å². The number of furan rings is 1. The van der Waals surface area contributed by atoms with Crippen molar-refractivity contribution >= 4 is 35.9 Å². The fourth-order valence-corrected chi connectivity index (χ4v) is 9.46. The van der Waals surface area contributed by atoms with Gasteiger partial charge in [0.05, 0.1) is 25.2 Å². The molecule has 6 heteroatoms. The molecule has 0 saturated carbocycles. The lowest BCUT2D eigenvalue weighted by Gasteiger charge is -2.31. The molecule has 0 amide bonds. The van der Waals surface area contributed by atoms with Crippen LogP contribution in [0.15, 0.2) is 109 Å². The minimum absolute atomic E-state index is 0.156. The Balaban J connectivity index is 1.37. The van der Waals surface area contributed by atoms with Crippen LogP contribution in [-0.2, 0) is 13.5 Å². The van der Waals surface area contributed by atoms with E-state index in [1.165, 1.54) is 34.0 Å². The third kappa shape index (κ3) is 6.93. The van der Waals surface area contributed by atoms with Gasteiger partial charge in [-0.05, 0) is 96.8 Å². The molecular weight excluding hydrogens is 682 g/mol. The maximum absolute atomic E-state index is 14.2. The monoisotopic (exact) mass is 735 g/mol. The lowest BCUT2D eigenvalue weighted by molar-refractivity contribution is -0.660. The highest BCUT2D eigenvalue weighted by atomic mass is 28.3. The van der Waals surface area contributed by atoms with Gasteiger partial charge >= 0.3 is 0 Å². The van der Waals surface area contributed by atoms with E-state index in [2.05, 4.69) is 130 Å². The summed E-state index contributed by atoms with van der Waals surface area (Å²) >= 11 is 0. The number of pyridine rings is 2. The molecule has 7 rings (SSSR count). The molecule has 4 heterocycles. The highest BCUT2D eigenvalue weighted by molar-refractivity contribution is 6.76. The Labute approximate surface area is 321 Å². The van der Waals surface area contributed by atoms with E-state index in [1.807, 2.05) is 26.0 Å². The summed E-state index contributed by atoms with van der Waals surface area (Å²) in [5.41, 5.74) is 13.5. The molecule has 0 saturated heterocycles. The van der Waals surface area contributed by atoms with E-state index in [0.29, 0.717) is 11.6 Å². The molecule has 1 aliphatic rings. The zero-order valence-corrected chi connectivity index (χ0v) is 34.3. The molecule has 54 heavy (non-hydrogen) atoms. The van der Waals surface area contributed by atoms with E-state index in [-0.39, 0.29) is 17.8 Å².